The average molecular weight is 682 g/mol. The fourth-order valence-electron chi connectivity index (χ4n) is 6.06. The molecule has 1 aliphatic rings. The van der Waals surface area contributed by atoms with Crippen LogP contribution in [0.25, 0.3) is 22.5 Å². The number of tetrazole rings is 1. The van der Waals surface area contributed by atoms with Crippen molar-refractivity contribution in [3.8, 4) is 22.5 Å². The third kappa shape index (κ3) is 9.74. The molecule has 1 heterocycles. The predicted molar refractivity (Wildman–Crippen MR) is 187 cm³/mol. The van der Waals surface area contributed by atoms with Crippen molar-refractivity contribution in [2.75, 3.05) is 11.9 Å². The second-order valence-corrected chi connectivity index (χ2v) is 13.7. The molecule has 3 aromatic carbocycles. The van der Waals surface area contributed by atoms with Gasteiger partial charge in [-0.25, -0.2) is 9.59 Å². The van der Waals surface area contributed by atoms with Crippen LogP contribution < -0.4 is 16.0 Å². The molecule has 4 aromatic rings. The van der Waals surface area contributed by atoms with E-state index in [1.165, 1.54) is 0 Å². The molecular formula is C37H43N7O6. The molecular weight excluding hydrogens is 638 g/mol. The fraction of sp³-hybridized carbons (Fsp3) is 0.378. The Morgan fingerprint density at radius 3 is 2.22 bits per heavy atom. The van der Waals surface area contributed by atoms with Gasteiger partial charge in [0.2, 0.25) is 17.6 Å². The van der Waals surface area contributed by atoms with Gasteiger partial charge in [0, 0.05) is 30.1 Å². The van der Waals surface area contributed by atoms with Crippen LogP contribution in [-0.2, 0) is 20.7 Å². The first kappa shape index (κ1) is 35.7. The van der Waals surface area contributed by atoms with Gasteiger partial charge in [0.15, 0.2) is 0 Å². The number of carboxylic acid groups (broad SMARTS) is 1. The third-order valence-corrected chi connectivity index (χ3v) is 8.72. The van der Waals surface area contributed by atoms with Gasteiger partial charge < -0.3 is 25.8 Å². The summed E-state index contributed by atoms with van der Waals surface area (Å²) in [5.74, 6) is -1.10. The second-order valence-electron chi connectivity index (χ2n) is 13.7. The van der Waals surface area contributed by atoms with E-state index in [0.29, 0.717) is 30.9 Å². The number of aromatic amines is 1. The van der Waals surface area contributed by atoms with Crippen molar-refractivity contribution in [3.63, 3.8) is 0 Å². The van der Waals surface area contributed by atoms with Gasteiger partial charge >= 0.3 is 12.1 Å². The molecule has 13 heteroatoms. The van der Waals surface area contributed by atoms with Crippen molar-refractivity contribution in [2.45, 2.75) is 71.4 Å². The summed E-state index contributed by atoms with van der Waals surface area (Å²) in [4.78, 5) is 50.7. The number of hydrogen-bond donors (Lipinski definition) is 5. The molecule has 1 aromatic heterocycles. The Morgan fingerprint density at radius 1 is 0.940 bits per heavy atom. The fourth-order valence-corrected chi connectivity index (χ4v) is 6.06. The number of rotatable bonds is 11. The second kappa shape index (κ2) is 15.7. The lowest BCUT2D eigenvalue weighted by molar-refractivity contribution is -0.130. The standard InChI is InChI=1S/C37H43N7O6/c1-22-19-28(35(47)48)15-18-30(22)25-9-5-23(6-10-25)20-31(34(46)39-29-16-13-26(14-17-29)32-41-43-44-42-32)40-33(45)27-11-7-24(8-12-27)21-38-36(49)50-37(2,3)4/h5-6,9-10,13-19,24,27,31H,7-8,11-12,20-21H2,1-4H3,(H,38,49)(H,39,46)(H,40,45)(H,47,48)(H,41,42,43,44)/t24?,27?,31-/m0/s1. The Morgan fingerprint density at radius 2 is 1.62 bits per heavy atom. The molecule has 1 atom stereocenters. The summed E-state index contributed by atoms with van der Waals surface area (Å²) in [5.41, 5.74) is 4.43. The molecule has 0 radical (unpaired) electrons. The maximum atomic E-state index is 13.7. The number of alkyl carbamates (subject to hydrolysis) is 1. The van der Waals surface area contributed by atoms with Crippen LogP contribution in [0.1, 0.15) is 67.9 Å². The molecule has 1 aliphatic carbocycles. The Hall–Kier alpha value is -5.59. The van der Waals surface area contributed by atoms with Gasteiger partial charge in [-0.3, -0.25) is 9.59 Å². The Labute approximate surface area is 290 Å². The van der Waals surface area contributed by atoms with Crippen LogP contribution >= 0.6 is 0 Å². The van der Waals surface area contributed by atoms with Crippen molar-refractivity contribution in [2.24, 2.45) is 11.8 Å². The summed E-state index contributed by atoms with van der Waals surface area (Å²) in [6.45, 7) is 7.80. The molecule has 262 valence electrons. The molecule has 0 unspecified atom stereocenters. The largest absolute Gasteiger partial charge is 0.478 e. The molecule has 0 spiro atoms. The van der Waals surface area contributed by atoms with E-state index in [2.05, 4.69) is 36.6 Å². The molecule has 1 saturated carbocycles. The van der Waals surface area contributed by atoms with Gasteiger partial charge in [0.25, 0.3) is 0 Å². The highest BCUT2D eigenvalue weighted by atomic mass is 16.6. The van der Waals surface area contributed by atoms with Crippen LogP contribution in [0.2, 0.25) is 0 Å². The van der Waals surface area contributed by atoms with E-state index in [9.17, 15) is 24.3 Å². The highest BCUT2D eigenvalue weighted by Crippen LogP contribution is 2.29. The van der Waals surface area contributed by atoms with Crippen LogP contribution in [0, 0.1) is 18.8 Å². The number of H-pyrrole nitrogens is 1. The third-order valence-electron chi connectivity index (χ3n) is 8.72. The van der Waals surface area contributed by atoms with E-state index in [4.69, 9.17) is 4.74 Å². The average Bonchev–Trinajstić information content (AvgIpc) is 3.62. The van der Waals surface area contributed by atoms with Crippen molar-refractivity contribution in [1.29, 1.82) is 0 Å². The lowest BCUT2D eigenvalue weighted by Gasteiger charge is -2.29. The number of anilines is 1. The Balaban J connectivity index is 1.25. The van der Waals surface area contributed by atoms with E-state index >= 15 is 0 Å². The van der Waals surface area contributed by atoms with Crippen molar-refractivity contribution in [3.05, 3.63) is 83.4 Å². The van der Waals surface area contributed by atoms with Gasteiger partial charge in [0.05, 0.1) is 5.56 Å². The maximum absolute atomic E-state index is 13.7. The summed E-state index contributed by atoms with van der Waals surface area (Å²) >= 11 is 0. The number of benzene rings is 3. The molecule has 0 bridgehead atoms. The Kier molecular flexibility index (Phi) is 11.2. The van der Waals surface area contributed by atoms with Gasteiger partial charge in [-0.1, -0.05) is 30.3 Å². The highest BCUT2D eigenvalue weighted by Gasteiger charge is 2.30. The number of carbonyl (C=O) groups is 4. The topological polar surface area (TPSA) is 188 Å². The number of carboxylic acids is 1. The number of nitrogens with one attached hydrogen (secondary N) is 4. The van der Waals surface area contributed by atoms with Gasteiger partial charge in [-0.2, -0.15) is 5.21 Å². The van der Waals surface area contributed by atoms with Crippen molar-refractivity contribution < 1.29 is 29.0 Å². The molecule has 50 heavy (non-hydrogen) atoms. The quantitative estimate of drug-likeness (QED) is 0.135. The molecule has 5 N–H and O–H groups in total. The SMILES string of the molecule is Cc1cc(C(=O)O)ccc1-c1ccc(C[C@H](NC(=O)C2CCC(CNC(=O)OC(C)(C)C)CC2)C(=O)Nc2ccc(-c3nn[nH]n3)cc2)cc1. The maximum Gasteiger partial charge on any atom is 0.407 e. The minimum absolute atomic E-state index is 0.179. The zero-order valence-electron chi connectivity index (χ0n) is 28.7. The van der Waals surface area contributed by atoms with Gasteiger partial charge in [-0.15, -0.1) is 10.2 Å². The number of hydrogen-bond acceptors (Lipinski definition) is 8. The van der Waals surface area contributed by atoms with E-state index in [0.717, 1.165) is 40.7 Å². The zero-order chi connectivity index (χ0) is 35.8. The normalized spacial score (nSPS) is 16.6. The number of ether oxygens (including phenoxy) is 1. The molecule has 5 rings (SSSR count). The van der Waals surface area contributed by atoms with E-state index < -0.39 is 23.7 Å². The smallest absolute Gasteiger partial charge is 0.407 e. The number of carbonyl (C=O) groups excluding carboxylic acids is 3. The van der Waals surface area contributed by atoms with Crippen LogP contribution in [0.4, 0.5) is 10.5 Å². The summed E-state index contributed by atoms with van der Waals surface area (Å²) in [5, 5.41) is 32.1. The van der Waals surface area contributed by atoms with Crippen molar-refractivity contribution in [1.82, 2.24) is 31.3 Å². The number of nitrogens with zero attached hydrogens (tertiary/aromatic N) is 3. The molecule has 0 saturated heterocycles. The molecule has 1 fully saturated rings. The molecule has 3 amide bonds. The number of aromatic nitrogens is 4. The van der Waals surface area contributed by atoms with Crippen molar-refractivity contribution >= 4 is 29.6 Å². The van der Waals surface area contributed by atoms with E-state index in [-0.39, 0.29) is 35.6 Å². The number of aryl methyl sites for hydroxylation is 1. The zero-order valence-corrected chi connectivity index (χ0v) is 28.7. The number of amides is 3. The summed E-state index contributed by atoms with van der Waals surface area (Å²) in [6, 6.07) is 18.9. The van der Waals surface area contributed by atoms with Crippen LogP contribution in [-0.4, -0.2) is 67.8 Å². The number of aromatic carboxylic acids is 1. The van der Waals surface area contributed by atoms with Gasteiger partial charge in [0.1, 0.15) is 11.6 Å². The monoisotopic (exact) mass is 681 g/mol. The lowest BCUT2D eigenvalue weighted by Crippen LogP contribution is -2.48. The molecule has 0 aliphatic heterocycles. The first-order valence-electron chi connectivity index (χ1n) is 16.7. The Bertz CT molecular complexity index is 1790. The van der Waals surface area contributed by atoms with Crippen LogP contribution in [0.5, 0.6) is 0 Å². The summed E-state index contributed by atoms with van der Waals surface area (Å²) in [6.07, 6.45) is 2.64. The van der Waals surface area contributed by atoms with Crippen LogP contribution in [0.15, 0.2) is 66.7 Å². The minimum atomic E-state index is -0.979. The first-order chi connectivity index (χ1) is 23.8. The first-order valence-corrected chi connectivity index (χ1v) is 16.7. The van der Waals surface area contributed by atoms with E-state index in [1.807, 2.05) is 52.0 Å². The lowest BCUT2D eigenvalue weighted by atomic mass is 9.81. The highest BCUT2D eigenvalue weighted by molar-refractivity contribution is 5.98. The molecule has 13 nitrogen and oxygen atoms in total. The predicted octanol–water partition coefficient (Wildman–Crippen LogP) is 5.54. The summed E-state index contributed by atoms with van der Waals surface area (Å²) in [7, 11) is 0. The minimum Gasteiger partial charge on any atom is -0.478 e. The van der Waals surface area contributed by atoms with E-state index in [1.54, 1.807) is 42.5 Å². The van der Waals surface area contributed by atoms with Crippen LogP contribution in [0.3, 0.4) is 0 Å². The summed E-state index contributed by atoms with van der Waals surface area (Å²) < 4.78 is 5.33. The van der Waals surface area contributed by atoms with Gasteiger partial charge in [-0.05, 0) is 123 Å².